The third-order valence-electron chi connectivity index (χ3n) is 6.57. The van der Waals surface area contributed by atoms with E-state index in [9.17, 15) is 0 Å². The first-order valence-electron chi connectivity index (χ1n) is 10.0. The molecule has 1 aliphatic carbocycles. The first kappa shape index (κ1) is 21.6. The Morgan fingerprint density at radius 2 is 1.42 bits per heavy atom. The quantitative estimate of drug-likeness (QED) is 0.599. The van der Waals surface area contributed by atoms with Gasteiger partial charge in [0, 0.05) is 24.9 Å². The van der Waals surface area contributed by atoms with Crippen molar-refractivity contribution in [3.63, 3.8) is 0 Å². The van der Waals surface area contributed by atoms with Gasteiger partial charge >= 0.3 is 0 Å². The van der Waals surface area contributed by atoms with Crippen molar-refractivity contribution in [3.05, 3.63) is 33.4 Å². The van der Waals surface area contributed by atoms with E-state index in [0.29, 0.717) is 0 Å². The fourth-order valence-electron chi connectivity index (χ4n) is 4.39. The van der Waals surface area contributed by atoms with Crippen molar-refractivity contribution < 1.29 is 0 Å². The van der Waals surface area contributed by atoms with Gasteiger partial charge in [0.25, 0.3) is 0 Å². The van der Waals surface area contributed by atoms with Crippen LogP contribution in [0.4, 0.5) is 0 Å². The van der Waals surface area contributed by atoms with Crippen molar-refractivity contribution >= 4 is 29.3 Å². The number of hydrogen-bond acceptors (Lipinski definition) is 3. The van der Waals surface area contributed by atoms with Crippen molar-refractivity contribution in [3.8, 4) is 0 Å². The average molecular weight is 395 g/mol. The second kappa shape index (κ2) is 9.50. The second-order valence-electron chi connectivity index (χ2n) is 7.90. The molecule has 2 aliphatic rings. The highest BCUT2D eigenvalue weighted by Gasteiger charge is 2.26. The minimum Gasteiger partial charge on any atom is -0.348 e. The Morgan fingerprint density at radius 3 is 2.04 bits per heavy atom. The summed E-state index contributed by atoms with van der Waals surface area (Å²) in [6, 6.07) is 0.740. The van der Waals surface area contributed by atoms with E-state index in [1.807, 2.05) is 11.8 Å². The maximum absolute atomic E-state index is 4.93. The lowest BCUT2D eigenvalue weighted by molar-refractivity contribution is 0.239. The third-order valence-corrected chi connectivity index (χ3v) is 7.62. The Balaban J connectivity index is 0.00000243. The van der Waals surface area contributed by atoms with Crippen LogP contribution in [0.2, 0.25) is 0 Å². The molecule has 2 nitrogen and oxygen atoms in total. The number of amidine groups is 1. The zero-order valence-electron chi connectivity index (χ0n) is 17.2. The molecule has 0 radical (unpaired) electrons. The number of halogens is 1. The van der Waals surface area contributed by atoms with Crippen molar-refractivity contribution in [1.29, 1.82) is 0 Å². The van der Waals surface area contributed by atoms with Gasteiger partial charge in [0.15, 0.2) is 5.17 Å². The molecule has 0 amide bonds. The van der Waals surface area contributed by atoms with Crippen LogP contribution in [0.3, 0.4) is 0 Å². The Labute approximate surface area is 170 Å². The van der Waals surface area contributed by atoms with E-state index in [-0.39, 0.29) is 12.4 Å². The number of benzene rings is 1. The zero-order chi connectivity index (χ0) is 18.0. The molecule has 0 unspecified atom stereocenters. The summed E-state index contributed by atoms with van der Waals surface area (Å²) >= 11 is 1.98. The monoisotopic (exact) mass is 394 g/mol. The smallest absolute Gasteiger partial charge is 0.159 e. The summed E-state index contributed by atoms with van der Waals surface area (Å²) in [4.78, 5) is 7.57. The highest BCUT2D eigenvalue weighted by atomic mass is 35.5. The fourth-order valence-corrected chi connectivity index (χ4v) is 5.69. The molecule has 0 N–H and O–H groups in total. The standard InChI is InChI=1S/C22H34N2S.ClH/c1-15-16(2)18(4)21(19(5)17(15)3)14-25-22-23-12-9-13-24(22)20-10-7-6-8-11-20;/h20H,6-14H2,1-5H3;1H. The van der Waals surface area contributed by atoms with E-state index in [4.69, 9.17) is 4.99 Å². The summed E-state index contributed by atoms with van der Waals surface area (Å²) in [5, 5.41) is 1.31. The highest BCUT2D eigenvalue weighted by molar-refractivity contribution is 8.13. The van der Waals surface area contributed by atoms with Crippen molar-refractivity contribution in [2.24, 2.45) is 4.99 Å². The van der Waals surface area contributed by atoms with Crippen LogP contribution < -0.4 is 0 Å². The molecule has 4 heteroatoms. The molecule has 1 saturated carbocycles. The van der Waals surface area contributed by atoms with Crippen LogP contribution >= 0.6 is 24.2 Å². The molecule has 0 spiro atoms. The van der Waals surface area contributed by atoms with Gasteiger partial charge in [-0.25, -0.2) is 0 Å². The van der Waals surface area contributed by atoms with Gasteiger partial charge in [-0.05, 0) is 87.3 Å². The molecular weight excluding hydrogens is 360 g/mol. The first-order chi connectivity index (χ1) is 12.0. The van der Waals surface area contributed by atoms with Crippen LogP contribution in [0.5, 0.6) is 0 Å². The Kier molecular flexibility index (Phi) is 7.90. The van der Waals surface area contributed by atoms with E-state index in [1.165, 1.54) is 83.6 Å². The summed E-state index contributed by atoms with van der Waals surface area (Å²) in [5.41, 5.74) is 8.88. The lowest BCUT2D eigenvalue weighted by Gasteiger charge is -2.38. The zero-order valence-corrected chi connectivity index (χ0v) is 18.8. The van der Waals surface area contributed by atoms with E-state index in [0.717, 1.165) is 18.3 Å². The Bertz CT molecular complexity index is 634. The number of aliphatic imine (C=N–C) groups is 1. The summed E-state index contributed by atoms with van der Waals surface area (Å²) in [6.45, 7) is 13.6. The molecule has 0 atom stereocenters. The minimum absolute atomic E-state index is 0. The molecule has 1 fully saturated rings. The predicted molar refractivity (Wildman–Crippen MR) is 119 cm³/mol. The molecule has 146 valence electrons. The Hall–Kier alpha value is -0.670. The number of hydrogen-bond donors (Lipinski definition) is 0. The average Bonchev–Trinajstić information content (AvgIpc) is 2.66. The van der Waals surface area contributed by atoms with Crippen LogP contribution in [0.15, 0.2) is 4.99 Å². The van der Waals surface area contributed by atoms with Crippen molar-refractivity contribution in [2.75, 3.05) is 13.1 Å². The van der Waals surface area contributed by atoms with Crippen molar-refractivity contribution in [1.82, 2.24) is 4.90 Å². The van der Waals surface area contributed by atoms with Crippen molar-refractivity contribution in [2.45, 2.75) is 84.9 Å². The lowest BCUT2D eigenvalue weighted by atomic mass is 9.90. The molecule has 3 rings (SSSR count). The molecule has 0 aromatic heterocycles. The van der Waals surface area contributed by atoms with Crippen LogP contribution in [-0.2, 0) is 5.75 Å². The van der Waals surface area contributed by atoms with Gasteiger partial charge in [0.1, 0.15) is 0 Å². The number of nitrogens with zero attached hydrogens (tertiary/aromatic N) is 2. The van der Waals surface area contributed by atoms with Gasteiger partial charge < -0.3 is 4.90 Å². The third kappa shape index (κ3) is 4.42. The number of rotatable bonds is 3. The maximum atomic E-state index is 4.93. The first-order valence-corrected chi connectivity index (χ1v) is 11.0. The summed E-state index contributed by atoms with van der Waals surface area (Å²) < 4.78 is 0. The molecule has 1 aromatic rings. The fraction of sp³-hybridized carbons (Fsp3) is 0.682. The number of thioether (sulfide) groups is 1. The molecule has 0 bridgehead atoms. The van der Waals surface area contributed by atoms with Gasteiger partial charge in [-0.3, -0.25) is 4.99 Å². The van der Waals surface area contributed by atoms with Crippen LogP contribution in [0, 0.1) is 34.6 Å². The topological polar surface area (TPSA) is 15.6 Å². The SMILES string of the molecule is Cc1c(C)c(C)c(CSC2=NCCCN2C2CCCCC2)c(C)c1C.Cl. The van der Waals surface area contributed by atoms with Gasteiger partial charge in [0.05, 0.1) is 0 Å². The largest absolute Gasteiger partial charge is 0.348 e. The van der Waals surface area contributed by atoms with Gasteiger partial charge in [-0.2, -0.15) is 0 Å². The second-order valence-corrected chi connectivity index (χ2v) is 8.84. The summed E-state index contributed by atoms with van der Waals surface area (Å²) in [5.74, 6) is 1.06. The maximum Gasteiger partial charge on any atom is 0.159 e. The molecule has 1 aromatic carbocycles. The predicted octanol–water partition coefficient (Wildman–Crippen LogP) is 6.28. The van der Waals surface area contributed by atoms with Gasteiger partial charge in [-0.15, -0.1) is 12.4 Å². The molecular formula is C22H35ClN2S. The highest BCUT2D eigenvalue weighted by Crippen LogP contribution is 2.32. The summed E-state index contributed by atoms with van der Waals surface area (Å²) in [7, 11) is 0. The normalized spacial score (nSPS) is 18.5. The lowest BCUT2D eigenvalue weighted by Crippen LogP contribution is -2.43. The van der Waals surface area contributed by atoms with Gasteiger partial charge in [0.2, 0.25) is 0 Å². The van der Waals surface area contributed by atoms with Crippen LogP contribution in [0.1, 0.15) is 71.9 Å². The van der Waals surface area contributed by atoms with E-state index in [1.54, 1.807) is 0 Å². The van der Waals surface area contributed by atoms with E-state index in [2.05, 4.69) is 39.5 Å². The Morgan fingerprint density at radius 1 is 0.846 bits per heavy atom. The molecule has 1 heterocycles. The van der Waals surface area contributed by atoms with Crippen LogP contribution in [0.25, 0.3) is 0 Å². The summed E-state index contributed by atoms with van der Waals surface area (Å²) in [6.07, 6.45) is 8.16. The van der Waals surface area contributed by atoms with E-state index >= 15 is 0 Å². The van der Waals surface area contributed by atoms with Crippen LogP contribution in [-0.4, -0.2) is 29.2 Å². The molecule has 1 aliphatic heterocycles. The van der Waals surface area contributed by atoms with Gasteiger partial charge in [-0.1, -0.05) is 31.0 Å². The molecule has 26 heavy (non-hydrogen) atoms. The minimum atomic E-state index is 0. The molecule has 0 saturated heterocycles. The van der Waals surface area contributed by atoms with E-state index < -0.39 is 0 Å².